The van der Waals surface area contributed by atoms with Crippen LogP contribution in [0.2, 0.25) is 0 Å². The van der Waals surface area contributed by atoms with E-state index in [0.29, 0.717) is 0 Å². The first-order valence-corrected chi connectivity index (χ1v) is 9.35. The summed E-state index contributed by atoms with van der Waals surface area (Å²) in [5, 5.41) is 0. The van der Waals surface area contributed by atoms with Crippen molar-refractivity contribution in [3.63, 3.8) is 0 Å². The molecule has 0 bridgehead atoms. The van der Waals surface area contributed by atoms with Gasteiger partial charge < -0.3 is 0 Å². The molecule has 0 aromatic rings. The van der Waals surface area contributed by atoms with Crippen molar-refractivity contribution in [2.75, 3.05) is 6.26 Å². The lowest BCUT2D eigenvalue weighted by molar-refractivity contribution is 0.901. The normalized spacial score (nSPS) is 14.8. The highest BCUT2D eigenvalue weighted by Gasteiger charge is 1.93. The van der Waals surface area contributed by atoms with Crippen molar-refractivity contribution in [3.8, 4) is 0 Å². The van der Waals surface area contributed by atoms with Gasteiger partial charge in [-0.05, 0) is 84.3 Å². The lowest BCUT2D eigenvalue weighted by Gasteiger charge is -2.02. The third-order valence-corrected chi connectivity index (χ3v) is 4.66. The molecule has 0 spiro atoms. The van der Waals surface area contributed by atoms with E-state index in [1.807, 2.05) is 11.8 Å². The van der Waals surface area contributed by atoms with Crippen molar-refractivity contribution in [1.29, 1.82) is 0 Å². The molecule has 0 saturated heterocycles. The molecule has 0 N–H and O–H groups in total. The van der Waals surface area contributed by atoms with E-state index in [4.69, 9.17) is 0 Å². The van der Waals surface area contributed by atoms with Gasteiger partial charge in [0.25, 0.3) is 0 Å². The quantitative estimate of drug-likeness (QED) is 0.378. The summed E-state index contributed by atoms with van der Waals surface area (Å²) in [6, 6.07) is 0. The van der Waals surface area contributed by atoms with E-state index >= 15 is 0 Å². The Labute approximate surface area is 137 Å². The first-order valence-electron chi connectivity index (χ1n) is 8.13. The smallest absolute Gasteiger partial charge is 0.0140 e. The van der Waals surface area contributed by atoms with Crippen molar-refractivity contribution < 1.29 is 0 Å². The Hall–Kier alpha value is -0.690. The lowest BCUT2D eigenvalue weighted by atomic mass is 10.0. The molecule has 21 heavy (non-hydrogen) atoms. The van der Waals surface area contributed by atoms with Crippen LogP contribution in [0.5, 0.6) is 0 Å². The first-order chi connectivity index (χ1) is 9.99. The molecule has 0 aliphatic heterocycles. The van der Waals surface area contributed by atoms with Gasteiger partial charge in [0.1, 0.15) is 0 Å². The molecule has 0 aliphatic rings. The summed E-state index contributed by atoms with van der Waals surface area (Å²) in [7, 11) is 0. The van der Waals surface area contributed by atoms with Crippen LogP contribution in [0.15, 0.2) is 45.9 Å². The standard InChI is InChI=1S/C20H34S/c1-7-17(2)11-8-12-18(3)13-9-14-19(4)15-10-16-20(5)21-6/h7,12,14,16H,8-11,13,15H2,1-6H3/b17-7+,18-12+,19-14+,20-16+. The fraction of sp³-hybridized carbons (Fsp3) is 0.600. The summed E-state index contributed by atoms with van der Waals surface area (Å²) >= 11 is 1.84. The molecule has 120 valence electrons. The molecule has 0 aromatic carbocycles. The van der Waals surface area contributed by atoms with Crippen LogP contribution in [0.3, 0.4) is 0 Å². The Morgan fingerprint density at radius 3 is 1.57 bits per heavy atom. The molecule has 0 atom stereocenters. The van der Waals surface area contributed by atoms with E-state index in [-0.39, 0.29) is 0 Å². The van der Waals surface area contributed by atoms with Gasteiger partial charge in [-0.2, -0.15) is 0 Å². The molecule has 0 heterocycles. The zero-order valence-corrected chi connectivity index (χ0v) is 15.8. The van der Waals surface area contributed by atoms with Crippen LogP contribution < -0.4 is 0 Å². The van der Waals surface area contributed by atoms with E-state index in [2.05, 4.69) is 65.2 Å². The molecule has 0 aromatic heterocycles. The summed E-state index contributed by atoms with van der Waals surface area (Å²) in [6.07, 6.45) is 18.6. The molecular formula is C20H34S. The first kappa shape index (κ1) is 20.3. The summed E-state index contributed by atoms with van der Waals surface area (Å²) in [5.41, 5.74) is 4.54. The molecule has 0 fully saturated rings. The van der Waals surface area contributed by atoms with Crippen LogP contribution >= 0.6 is 11.8 Å². The predicted molar refractivity (Wildman–Crippen MR) is 102 cm³/mol. The minimum Gasteiger partial charge on any atom is -0.135 e. The maximum atomic E-state index is 2.41. The molecule has 0 radical (unpaired) electrons. The van der Waals surface area contributed by atoms with Crippen LogP contribution in [0, 0.1) is 0 Å². The number of hydrogen-bond donors (Lipinski definition) is 0. The van der Waals surface area contributed by atoms with Crippen molar-refractivity contribution in [2.24, 2.45) is 0 Å². The largest absolute Gasteiger partial charge is 0.135 e. The monoisotopic (exact) mass is 306 g/mol. The number of hydrogen-bond acceptors (Lipinski definition) is 1. The van der Waals surface area contributed by atoms with E-state index < -0.39 is 0 Å². The Morgan fingerprint density at radius 2 is 1.14 bits per heavy atom. The van der Waals surface area contributed by atoms with Gasteiger partial charge in [-0.15, -0.1) is 11.8 Å². The van der Waals surface area contributed by atoms with Gasteiger partial charge in [-0.1, -0.05) is 41.0 Å². The van der Waals surface area contributed by atoms with Crippen molar-refractivity contribution in [1.82, 2.24) is 0 Å². The predicted octanol–water partition coefficient (Wildman–Crippen LogP) is 7.45. The van der Waals surface area contributed by atoms with Crippen LogP contribution in [0.1, 0.15) is 73.1 Å². The van der Waals surface area contributed by atoms with Gasteiger partial charge in [0.15, 0.2) is 0 Å². The van der Waals surface area contributed by atoms with E-state index in [0.717, 1.165) is 0 Å². The van der Waals surface area contributed by atoms with Gasteiger partial charge in [0.2, 0.25) is 0 Å². The maximum absolute atomic E-state index is 2.41. The highest BCUT2D eigenvalue weighted by Crippen LogP contribution is 2.15. The highest BCUT2D eigenvalue weighted by atomic mass is 32.2. The summed E-state index contributed by atoms with van der Waals surface area (Å²) < 4.78 is 0. The Bertz CT molecular complexity index is 394. The van der Waals surface area contributed by atoms with E-state index in [1.54, 1.807) is 0 Å². The second-order valence-corrected chi connectivity index (χ2v) is 6.92. The molecule has 0 amide bonds. The zero-order valence-electron chi connectivity index (χ0n) is 15.0. The minimum atomic E-state index is 1.17. The van der Waals surface area contributed by atoms with Crippen molar-refractivity contribution in [3.05, 3.63) is 45.9 Å². The fourth-order valence-corrected chi connectivity index (χ4v) is 2.31. The van der Waals surface area contributed by atoms with Crippen LogP contribution in [0.4, 0.5) is 0 Å². The second-order valence-electron chi connectivity index (χ2n) is 5.87. The summed E-state index contributed by atoms with van der Waals surface area (Å²) in [5.74, 6) is 0. The fourth-order valence-electron chi connectivity index (χ4n) is 2.03. The molecular weight excluding hydrogens is 272 g/mol. The molecule has 1 heteroatoms. The second kappa shape index (κ2) is 13.0. The number of rotatable bonds is 10. The molecule has 0 saturated carbocycles. The van der Waals surface area contributed by atoms with Gasteiger partial charge >= 0.3 is 0 Å². The van der Waals surface area contributed by atoms with Gasteiger partial charge in [0.05, 0.1) is 0 Å². The van der Waals surface area contributed by atoms with E-state index in [1.165, 1.54) is 60.1 Å². The van der Waals surface area contributed by atoms with Gasteiger partial charge in [-0.25, -0.2) is 0 Å². The topological polar surface area (TPSA) is 0 Å². The van der Waals surface area contributed by atoms with Crippen LogP contribution in [-0.2, 0) is 0 Å². The maximum Gasteiger partial charge on any atom is -0.0140 e. The molecule has 0 nitrogen and oxygen atoms in total. The number of thioether (sulfide) groups is 1. The van der Waals surface area contributed by atoms with Gasteiger partial charge in [0, 0.05) is 0 Å². The lowest BCUT2D eigenvalue weighted by Crippen LogP contribution is -1.82. The summed E-state index contributed by atoms with van der Waals surface area (Å²) in [4.78, 5) is 1.43. The average Bonchev–Trinajstić information content (AvgIpc) is 2.46. The van der Waals surface area contributed by atoms with Gasteiger partial charge in [-0.3, -0.25) is 0 Å². The SMILES string of the molecule is C/C=C(\C)CC/C=C(\C)CC/C=C(\C)CC/C=C(\C)SC. The summed E-state index contributed by atoms with van der Waals surface area (Å²) in [6.45, 7) is 11.0. The third kappa shape index (κ3) is 12.7. The van der Waals surface area contributed by atoms with Crippen molar-refractivity contribution >= 4 is 11.8 Å². The molecule has 0 aliphatic carbocycles. The molecule has 0 unspecified atom stereocenters. The Morgan fingerprint density at radius 1 is 0.714 bits per heavy atom. The molecule has 0 rings (SSSR count). The highest BCUT2D eigenvalue weighted by molar-refractivity contribution is 8.02. The Kier molecular flexibility index (Phi) is 12.6. The van der Waals surface area contributed by atoms with E-state index in [9.17, 15) is 0 Å². The number of allylic oxidation sites excluding steroid dienone is 8. The zero-order chi connectivity index (χ0) is 16.1. The van der Waals surface area contributed by atoms with Crippen LogP contribution in [0.25, 0.3) is 0 Å². The Balaban J connectivity index is 3.94. The average molecular weight is 307 g/mol. The minimum absolute atomic E-state index is 1.17. The van der Waals surface area contributed by atoms with Crippen molar-refractivity contribution in [2.45, 2.75) is 73.1 Å². The third-order valence-electron chi connectivity index (χ3n) is 3.85. The van der Waals surface area contributed by atoms with Crippen LogP contribution in [-0.4, -0.2) is 6.26 Å².